The summed E-state index contributed by atoms with van der Waals surface area (Å²) in [6, 6.07) is 0.916. The summed E-state index contributed by atoms with van der Waals surface area (Å²) in [5.41, 5.74) is 16.6. The van der Waals surface area contributed by atoms with Crippen LogP contribution in [0, 0.1) is 0 Å². The molecule has 2 atom stereocenters. The van der Waals surface area contributed by atoms with Crippen molar-refractivity contribution < 1.29 is 8.85 Å². The molecule has 104 valence electrons. The molecule has 0 aliphatic heterocycles. The summed E-state index contributed by atoms with van der Waals surface area (Å²) in [5, 5.41) is 3.25. The van der Waals surface area contributed by atoms with Gasteiger partial charge in [0, 0.05) is 20.2 Å². The zero-order valence-corrected chi connectivity index (χ0v) is 12.1. The molecule has 7 N–H and O–H groups in total. The fourth-order valence-corrected chi connectivity index (χ4v) is 3.51. The van der Waals surface area contributed by atoms with Crippen LogP contribution in [0.15, 0.2) is 0 Å². The molecule has 0 rings (SSSR count). The van der Waals surface area contributed by atoms with Gasteiger partial charge >= 0.3 is 8.56 Å². The first-order valence-electron chi connectivity index (χ1n) is 6.17. The Bertz CT molecular complexity index is 188. The molecule has 0 saturated heterocycles. The molecule has 0 aromatic heterocycles. The van der Waals surface area contributed by atoms with Gasteiger partial charge in [-0.15, -0.1) is 0 Å². The standard InChI is InChI=1S/C10H28N4O2Si/c1-15-17(2,16-10(13)4-5-11)9-3-7-14-8-6-12/h10,14H,3-9,11-13H2,1-2H3. The van der Waals surface area contributed by atoms with Crippen LogP contribution in [0.3, 0.4) is 0 Å². The van der Waals surface area contributed by atoms with E-state index in [2.05, 4.69) is 5.32 Å². The smallest absolute Gasteiger partial charge is 0.335 e. The van der Waals surface area contributed by atoms with E-state index >= 15 is 0 Å². The van der Waals surface area contributed by atoms with E-state index in [1.807, 2.05) is 6.55 Å². The molecule has 0 aromatic rings. The van der Waals surface area contributed by atoms with E-state index in [0.29, 0.717) is 19.5 Å². The van der Waals surface area contributed by atoms with Crippen molar-refractivity contribution in [2.75, 3.05) is 33.3 Å². The summed E-state index contributed by atoms with van der Waals surface area (Å²) in [6.45, 7) is 5.01. The molecule has 17 heavy (non-hydrogen) atoms. The molecule has 0 aromatic carbocycles. The third kappa shape index (κ3) is 8.67. The molecule has 6 nitrogen and oxygen atoms in total. The number of hydrogen-bond acceptors (Lipinski definition) is 6. The Hall–Kier alpha value is -0.0231. The number of rotatable bonds is 11. The SMILES string of the molecule is CO[Si](C)(CCCNCCN)OC(N)CCN. The fraction of sp³-hybridized carbons (Fsp3) is 1.00. The maximum absolute atomic E-state index is 5.82. The Morgan fingerprint density at radius 1 is 1.24 bits per heavy atom. The Kier molecular flexibility index (Phi) is 9.94. The third-order valence-corrected chi connectivity index (χ3v) is 5.52. The molecule has 0 amide bonds. The molecule has 0 bridgehead atoms. The van der Waals surface area contributed by atoms with E-state index in [0.717, 1.165) is 25.6 Å². The van der Waals surface area contributed by atoms with Gasteiger partial charge in [0.15, 0.2) is 0 Å². The fourth-order valence-electron chi connectivity index (χ4n) is 1.51. The molecule has 2 unspecified atom stereocenters. The van der Waals surface area contributed by atoms with Crippen LogP contribution in [0.5, 0.6) is 0 Å². The Balaban J connectivity index is 3.84. The van der Waals surface area contributed by atoms with Gasteiger partial charge in [-0.2, -0.15) is 0 Å². The zero-order chi connectivity index (χ0) is 13.1. The Morgan fingerprint density at radius 2 is 1.94 bits per heavy atom. The summed E-state index contributed by atoms with van der Waals surface area (Å²) in [4.78, 5) is 0. The van der Waals surface area contributed by atoms with E-state index in [1.165, 1.54) is 0 Å². The third-order valence-electron chi connectivity index (χ3n) is 2.59. The van der Waals surface area contributed by atoms with Crippen LogP contribution in [0.2, 0.25) is 12.6 Å². The highest BCUT2D eigenvalue weighted by Crippen LogP contribution is 2.16. The van der Waals surface area contributed by atoms with Gasteiger partial charge in [0.1, 0.15) is 0 Å². The average molecular weight is 264 g/mol. The lowest BCUT2D eigenvalue weighted by atomic mass is 10.4. The highest BCUT2D eigenvalue weighted by Gasteiger charge is 2.31. The summed E-state index contributed by atoms with van der Waals surface area (Å²) < 4.78 is 11.3. The first-order chi connectivity index (χ1) is 8.08. The molecular formula is C10H28N4O2Si. The second-order valence-corrected chi connectivity index (χ2v) is 7.63. The monoisotopic (exact) mass is 264 g/mol. The molecule has 0 saturated carbocycles. The van der Waals surface area contributed by atoms with Crippen LogP contribution in [0.4, 0.5) is 0 Å². The van der Waals surface area contributed by atoms with E-state index in [4.69, 9.17) is 26.1 Å². The predicted molar refractivity (Wildman–Crippen MR) is 72.7 cm³/mol. The molecule has 0 aliphatic rings. The number of nitrogens with two attached hydrogens (primary N) is 3. The number of nitrogens with one attached hydrogen (secondary N) is 1. The van der Waals surface area contributed by atoms with Crippen molar-refractivity contribution in [1.29, 1.82) is 0 Å². The van der Waals surface area contributed by atoms with Crippen molar-refractivity contribution in [3.8, 4) is 0 Å². The van der Waals surface area contributed by atoms with Gasteiger partial charge in [0.25, 0.3) is 0 Å². The van der Waals surface area contributed by atoms with Crippen molar-refractivity contribution >= 4 is 8.56 Å². The summed E-state index contributed by atoms with van der Waals surface area (Å²) in [7, 11) is -0.447. The van der Waals surface area contributed by atoms with Crippen molar-refractivity contribution in [1.82, 2.24) is 5.32 Å². The van der Waals surface area contributed by atoms with Gasteiger partial charge in [0.2, 0.25) is 0 Å². The Morgan fingerprint density at radius 3 is 2.47 bits per heavy atom. The van der Waals surface area contributed by atoms with E-state index in [-0.39, 0.29) is 6.23 Å². The summed E-state index contributed by atoms with van der Waals surface area (Å²) >= 11 is 0. The first-order valence-corrected chi connectivity index (χ1v) is 8.69. The van der Waals surface area contributed by atoms with Crippen molar-refractivity contribution in [2.45, 2.75) is 31.7 Å². The Labute approximate surface area is 105 Å². The quantitative estimate of drug-likeness (QED) is 0.223. The average Bonchev–Trinajstić information content (AvgIpc) is 2.29. The zero-order valence-electron chi connectivity index (χ0n) is 11.1. The van der Waals surface area contributed by atoms with E-state index < -0.39 is 8.56 Å². The highest BCUT2D eigenvalue weighted by molar-refractivity contribution is 6.66. The lowest BCUT2D eigenvalue weighted by Crippen LogP contribution is -2.45. The second kappa shape index (κ2) is 9.95. The van der Waals surface area contributed by atoms with Crippen LogP contribution in [-0.4, -0.2) is 48.1 Å². The first kappa shape index (κ1) is 17.0. The van der Waals surface area contributed by atoms with Gasteiger partial charge in [0.05, 0.1) is 6.23 Å². The maximum atomic E-state index is 5.82. The molecule has 0 radical (unpaired) electrons. The minimum Gasteiger partial charge on any atom is -0.398 e. The minimum absolute atomic E-state index is 0.311. The molecule has 7 heteroatoms. The topological polar surface area (TPSA) is 109 Å². The number of hydrogen-bond donors (Lipinski definition) is 4. The van der Waals surface area contributed by atoms with Gasteiger partial charge in [-0.3, -0.25) is 0 Å². The molecule has 0 aliphatic carbocycles. The van der Waals surface area contributed by atoms with Gasteiger partial charge < -0.3 is 31.4 Å². The van der Waals surface area contributed by atoms with Gasteiger partial charge in [-0.1, -0.05) is 0 Å². The molecule has 0 fully saturated rings. The molecular weight excluding hydrogens is 236 g/mol. The largest absolute Gasteiger partial charge is 0.398 e. The van der Waals surface area contributed by atoms with Crippen molar-refractivity contribution in [3.05, 3.63) is 0 Å². The summed E-state index contributed by atoms with van der Waals surface area (Å²) in [6.07, 6.45) is 1.36. The maximum Gasteiger partial charge on any atom is 0.335 e. The lowest BCUT2D eigenvalue weighted by Gasteiger charge is -2.28. The van der Waals surface area contributed by atoms with Gasteiger partial charge in [-0.25, -0.2) is 0 Å². The van der Waals surface area contributed by atoms with Crippen molar-refractivity contribution in [2.24, 2.45) is 17.2 Å². The lowest BCUT2D eigenvalue weighted by molar-refractivity contribution is 0.131. The normalized spacial score (nSPS) is 16.8. The van der Waals surface area contributed by atoms with Crippen LogP contribution < -0.4 is 22.5 Å². The van der Waals surface area contributed by atoms with Crippen LogP contribution in [-0.2, 0) is 8.85 Å². The van der Waals surface area contributed by atoms with E-state index in [1.54, 1.807) is 7.11 Å². The van der Waals surface area contributed by atoms with Crippen molar-refractivity contribution in [3.63, 3.8) is 0 Å². The molecule has 0 heterocycles. The molecule has 0 spiro atoms. The van der Waals surface area contributed by atoms with Crippen LogP contribution >= 0.6 is 0 Å². The second-order valence-electron chi connectivity index (χ2n) is 4.21. The minimum atomic E-state index is -2.14. The van der Waals surface area contributed by atoms with Crippen LogP contribution in [0.1, 0.15) is 12.8 Å². The van der Waals surface area contributed by atoms with Gasteiger partial charge in [-0.05, 0) is 38.5 Å². The highest BCUT2D eigenvalue weighted by atomic mass is 28.4. The predicted octanol–water partition coefficient (Wildman–Crippen LogP) is -0.707. The summed E-state index contributed by atoms with van der Waals surface area (Å²) in [5.74, 6) is 0. The van der Waals surface area contributed by atoms with Crippen LogP contribution in [0.25, 0.3) is 0 Å². The van der Waals surface area contributed by atoms with E-state index in [9.17, 15) is 0 Å².